The van der Waals surface area contributed by atoms with Crippen LogP contribution in [0.5, 0.6) is 17.2 Å². The maximum atomic E-state index is 12.2. The van der Waals surface area contributed by atoms with E-state index in [-0.39, 0.29) is 12.5 Å². The topological polar surface area (TPSA) is 69.2 Å². The van der Waals surface area contributed by atoms with E-state index < -0.39 is 0 Å². The van der Waals surface area contributed by atoms with Gasteiger partial charge < -0.3 is 14.2 Å². The highest BCUT2D eigenvalue weighted by Crippen LogP contribution is 2.37. The Morgan fingerprint density at radius 1 is 1.00 bits per heavy atom. The lowest BCUT2D eigenvalue weighted by molar-refractivity contribution is 0.0955. The first-order valence-electron chi connectivity index (χ1n) is 9.23. The largest absolute Gasteiger partial charge is 0.497 e. The molecule has 160 valence electrons. The van der Waals surface area contributed by atoms with Crippen LogP contribution in [0.15, 0.2) is 65.8 Å². The molecule has 0 aliphatic heterocycles. The Labute approximate surface area is 190 Å². The number of rotatable bonds is 8. The zero-order valence-corrected chi connectivity index (χ0v) is 18.4. The van der Waals surface area contributed by atoms with E-state index in [0.717, 1.165) is 5.56 Å². The normalized spacial score (nSPS) is 10.7. The number of ether oxygens (including phenoxy) is 3. The fourth-order valence-electron chi connectivity index (χ4n) is 2.69. The van der Waals surface area contributed by atoms with E-state index in [0.29, 0.717) is 38.4 Å². The monoisotopic (exact) mass is 458 g/mol. The number of hydrogen-bond acceptors (Lipinski definition) is 5. The Morgan fingerprint density at radius 3 is 2.42 bits per heavy atom. The average molecular weight is 459 g/mol. The van der Waals surface area contributed by atoms with Gasteiger partial charge in [-0.1, -0.05) is 41.4 Å². The number of nitrogens with one attached hydrogen (secondary N) is 1. The summed E-state index contributed by atoms with van der Waals surface area (Å²) in [6, 6.07) is 17.4. The second kappa shape index (κ2) is 10.7. The van der Waals surface area contributed by atoms with E-state index in [4.69, 9.17) is 37.4 Å². The van der Waals surface area contributed by atoms with Crippen LogP contribution in [0.3, 0.4) is 0 Å². The van der Waals surface area contributed by atoms with Crippen molar-refractivity contribution < 1.29 is 19.0 Å². The van der Waals surface area contributed by atoms with Crippen molar-refractivity contribution in [1.82, 2.24) is 5.43 Å². The smallest absolute Gasteiger partial charge is 0.271 e. The first-order valence-corrected chi connectivity index (χ1v) is 9.98. The van der Waals surface area contributed by atoms with Crippen molar-refractivity contribution >= 4 is 35.3 Å². The molecule has 0 aromatic heterocycles. The number of amides is 1. The molecule has 3 aromatic carbocycles. The number of carbonyl (C=O) groups excluding carboxylic acids is 1. The lowest BCUT2D eigenvalue weighted by atomic mass is 10.2. The summed E-state index contributed by atoms with van der Waals surface area (Å²) in [7, 11) is 3.08. The molecule has 0 spiro atoms. The van der Waals surface area contributed by atoms with Gasteiger partial charge in [0.1, 0.15) is 12.4 Å². The van der Waals surface area contributed by atoms with Crippen LogP contribution < -0.4 is 19.6 Å². The molecule has 3 aromatic rings. The van der Waals surface area contributed by atoms with Crippen LogP contribution in [0.2, 0.25) is 10.0 Å². The molecule has 0 fully saturated rings. The molecular formula is C23H20Cl2N2O4. The standard InChI is InChI=1S/C23H20Cl2N2O4/c1-29-18-9-7-16(8-10-18)23(28)27-26-13-15-11-20(25)22(21(12-15)30-2)31-14-17-5-3-4-6-19(17)24/h3-13H,14H2,1-2H3,(H,27,28)/b26-13+. The third kappa shape index (κ3) is 5.90. The van der Waals surface area contributed by atoms with Gasteiger partial charge in [0.05, 0.1) is 25.5 Å². The van der Waals surface area contributed by atoms with E-state index in [1.165, 1.54) is 13.3 Å². The summed E-state index contributed by atoms with van der Waals surface area (Å²) in [6.45, 7) is 0.237. The summed E-state index contributed by atoms with van der Waals surface area (Å²) in [5, 5.41) is 4.93. The zero-order chi connectivity index (χ0) is 22.2. The van der Waals surface area contributed by atoms with Gasteiger partial charge in [0.2, 0.25) is 0 Å². The summed E-state index contributed by atoms with van der Waals surface area (Å²) in [4.78, 5) is 12.2. The molecule has 0 atom stereocenters. The van der Waals surface area contributed by atoms with Gasteiger partial charge in [0.15, 0.2) is 11.5 Å². The van der Waals surface area contributed by atoms with Crippen LogP contribution in [0, 0.1) is 0 Å². The third-order valence-electron chi connectivity index (χ3n) is 4.31. The van der Waals surface area contributed by atoms with E-state index in [2.05, 4.69) is 10.5 Å². The van der Waals surface area contributed by atoms with Crippen LogP contribution >= 0.6 is 23.2 Å². The zero-order valence-electron chi connectivity index (χ0n) is 16.9. The minimum absolute atomic E-state index is 0.237. The Kier molecular flexibility index (Phi) is 7.76. The minimum Gasteiger partial charge on any atom is -0.497 e. The van der Waals surface area contributed by atoms with Gasteiger partial charge >= 0.3 is 0 Å². The summed E-state index contributed by atoms with van der Waals surface area (Å²) >= 11 is 12.6. The van der Waals surface area contributed by atoms with E-state index in [1.54, 1.807) is 49.6 Å². The van der Waals surface area contributed by atoms with E-state index >= 15 is 0 Å². The number of hydrazone groups is 1. The highest BCUT2D eigenvalue weighted by molar-refractivity contribution is 6.32. The second-order valence-corrected chi connectivity index (χ2v) is 7.16. The van der Waals surface area contributed by atoms with E-state index in [1.807, 2.05) is 18.2 Å². The molecule has 1 amide bonds. The van der Waals surface area contributed by atoms with Crippen molar-refractivity contribution in [1.29, 1.82) is 0 Å². The number of hydrogen-bond donors (Lipinski definition) is 1. The van der Waals surface area contributed by atoms with Gasteiger partial charge in [-0.2, -0.15) is 5.10 Å². The molecule has 0 aliphatic rings. The third-order valence-corrected chi connectivity index (χ3v) is 4.96. The van der Waals surface area contributed by atoms with E-state index in [9.17, 15) is 4.79 Å². The van der Waals surface area contributed by atoms with Gasteiger partial charge in [0.25, 0.3) is 5.91 Å². The Bertz CT molecular complexity index is 1090. The Hall–Kier alpha value is -3.22. The van der Waals surface area contributed by atoms with Crippen molar-refractivity contribution in [3.8, 4) is 17.2 Å². The molecule has 3 rings (SSSR count). The fraction of sp³-hybridized carbons (Fsp3) is 0.130. The van der Waals surface area contributed by atoms with Crippen LogP contribution in [0.4, 0.5) is 0 Å². The molecule has 1 N–H and O–H groups in total. The van der Waals surface area contributed by atoms with Crippen molar-refractivity contribution in [3.63, 3.8) is 0 Å². The lowest BCUT2D eigenvalue weighted by Gasteiger charge is -2.14. The number of methoxy groups -OCH3 is 2. The molecule has 8 heteroatoms. The molecule has 0 bridgehead atoms. The molecule has 0 aliphatic carbocycles. The van der Waals surface area contributed by atoms with Crippen molar-refractivity contribution in [2.24, 2.45) is 5.10 Å². The Balaban J connectivity index is 1.68. The van der Waals surface area contributed by atoms with Gasteiger partial charge in [0, 0.05) is 16.1 Å². The van der Waals surface area contributed by atoms with Gasteiger partial charge in [-0.25, -0.2) is 5.43 Å². The molecule has 0 heterocycles. The number of benzene rings is 3. The number of halogens is 2. The number of nitrogens with zero attached hydrogens (tertiary/aromatic N) is 1. The van der Waals surface area contributed by atoms with Crippen LogP contribution in [-0.2, 0) is 6.61 Å². The predicted octanol–water partition coefficient (Wildman–Crippen LogP) is 5.35. The van der Waals surface area contributed by atoms with Crippen molar-refractivity contribution in [3.05, 3.63) is 87.4 Å². The minimum atomic E-state index is -0.350. The van der Waals surface area contributed by atoms with Crippen LogP contribution in [-0.4, -0.2) is 26.3 Å². The SMILES string of the molecule is COc1ccc(C(=O)N/N=C/c2cc(Cl)c(OCc3ccccc3Cl)c(OC)c2)cc1. The molecule has 6 nitrogen and oxygen atoms in total. The molecule has 0 saturated carbocycles. The Morgan fingerprint density at radius 2 is 1.74 bits per heavy atom. The van der Waals surface area contributed by atoms with Gasteiger partial charge in [-0.15, -0.1) is 0 Å². The molecule has 0 radical (unpaired) electrons. The summed E-state index contributed by atoms with van der Waals surface area (Å²) in [5.41, 5.74) is 4.38. The molecule has 0 saturated heterocycles. The van der Waals surface area contributed by atoms with Gasteiger partial charge in [-0.3, -0.25) is 4.79 Å². The molecular weight excluding hydrogens is 439 g/mol. The first kappa shape index (κ1) is 22.5. The van der Waals surface area contributed by atoms with Gasteiger partial charge in [-0.05, 0) is 48.0 Å². The quantitative estimate of drug-likeness (QED) is 0.364. The lowest BCUT2D eigenvalue weighted by Crippen LogP contribution is -2.17. The highest BCUT2D eigenvalue weighted by atomic mass is 35.5. The molecule has 0 unspecified atom stereocenters. The molecule has 31 heavy (non-hydrogen) atoms. The maximum absolute atomic E-state index is 12.2. The summed E-state index contributed by atoms with van der Waals surface area (Å²) in [5.74, 6) is 1.14. The van der Waals surface area contributed by atoms with Crippen LogP contribution in [0.25, 0.3) is 0 Å². The maximum Gasteiger partial charge on any atom is 0.271 e. The van der Waals surface area contributed by atoms with Crippen molar-refractivity contribution in [2.75, 3.05) is 14.2 Å². The van der Waals surface area contributed by atoms with Crippen molar-refractivity contribution in [2.45, 2.75) is 6.61 Å². The summed E-state index contributed by atoms with van der Waals surface area (Å²) < 4.78 is 16.3. The second-order valence-electron chi connectivity index (χ2n) is 6.34. The highest BCUT2D eigenvalue weighted by Gasteiger charge is 2.13. The average Bonchev–Trinajstić information content (AvgIpc) is 2.79. The first-order chi connectivity index (χ1) is 15.0. The fourth-order valence-corrected chi connectivity index (χ4v) is 3.16. The predicted molar refractivity (Wildman–Crippen MR) is 122 cm³/mol. The summed E-state index contributed by atoms with van der Waals surface area (Å²) in [6.07, 6.45) is 1.47. The van der Waals surface area contributed by atoms with Crippen LogP contribution in [0.1, 0.15) is 21.5 Å². The number of carbonyl (C=O) groups is 1.